The Bertz CT molecular complexity index is 396. The van der Waals surface area contributed by atoms with Gasteiger partial charge in [0, 0.05) is 20.6 Å². The molecule has 0 aromatic heterocycles. The van der Waals surface area contributed by atoms with Crippen LogP contribution in [0.2, 0.25) is 0 Å². The first-order valence-electron chi connectivity index (χ1n) is 7.63. The Balaban J connectivity index is 2.53. The second-order valence-electron chi connectivity index (χ2n) is 5.79. The van der Waals surface area contributed by atoms with Crippen LogP contribution in [-0.4, -0.2) is 101 Å². The molecular formula is C14H27NO9. The Kier molecular flexibility index (Phi) is 8.46. The molecule has 0 radical (unpaired) electrons. The van der Waals surface area contributed by atoms with Crippen LogP contribution in [0, 0.1) is 0 Å². The largest absolute Gasteiger partial charge is 0.388 e. The van der Waals surface area contributed by atoms with Crippen molar-refractivity contribution in [2.75, 3.05) is 20.3 Å². The van der Waals surface area contributed by atoms with Gasteiger partial charge in [-0.15, -0.1) is 0 Å². The van der Waals surface area contributed by atoms with Crippen molar-refractivity contribution in [1.82, 2.24) is 5.32 Å². The summed E-state index contributed by atoms with van der Waals surface area (Å²) in [6, 6.07) is 0. The van der Waals surface area contributed by atoms with E-state index < -0.39 is 49.0 Å². The fourth-order valence-corrected chi connectivity index (χ4v) is 2.37. The zero-order valence-corrected chi connectivity index (χ0v) is 13.9. The van der Waals surface area contributed by atoms with E-state index >= 15 is 0 Å². The van der Waals surface area contributed by atoms with Gasteiger partial charge in [-0.2, -0.15) is 0 Å². The number of carbonyl (C=O) groups excluding carboxylic acids is 1. The van der Waals surface area contributed by atoms with E-state index in [9.17, 15) is 30.3 Å². The van der Waals surface area contributed by atoms with E-state index in [1.54, 1.807) is 0 Å². The standard InChI is InChI=1S/C14H27NO9/c1-6-10(19)11(20)12(21)14(24-6)23-5-9(18)13(22-3)8(17)4-15-7(2)16/h6,8-14,17-21H,4-5H2,1-3H3,(H,15,16)/t6?,8?,9?,10-,11?,12?,13+,14-/m1/s1. The van der Waals surface area contributed by atoms with Crippen molar-refractivity contribution < 1.29 is 44.5 Å². The van der Waals surface area contributed by atoms with E-state index in [-0.39, 0.29) is 19.1 Å². The van der Waals surface area contributed by atoms with Crippen LogP contribution in [0.25, 0.3) is 0 Å². The minimum absolute atomic E-state index is 0.116. The lowest BCUT2D eigenvalue weighted by Gasteiger charge is -2.39. The molecule has 0 aromatic carbocycles. The Morgan fingerprint density at radius 1 is 1.17 bits per heavy atom. The average Bonchev–Trinajstić information content (AvgIpc) is 2.53. The maximum Gasteiger partial charge on any atom is 0.216 e. The van der Waals surface area contributed by atoms with Gasteiger partial charge in [0.1, 0.15) is 36.6 Å². The Morgan fingerprint density at radius 2 is 1.79 bits per heavy atom. The second kappa shape index (κ2) is 9.59. The normalized spacial score (nSPS) is 34.4. The first-order chi connectivity index (χ1) is 11.2. The summed E-state index contributed by atoms with van der Waals surface area (Å²) in [4.78, 5) is 10.8. The molecule has 0 aliphatic carbocycles. The molecule has 1 heterocycles. The quantitative estimate of drug-likeness (QED) is 0.263. The van der Waals surface area contributed by atoms with Gasteiger partial charge in [-0.3, -0.25) is 4.79 Å². The van der Waals surface area contributed by atoms with Crippen LogP contribution in [0.3, 0.4) is 0 Å². The fraction of sp³-hybridized carbons (Fsp3) is 0.929. The van der Waals surface area contributed by atoms with Gasteiger partial charge in [-0.25, -0.2) is 0 Å². The van der Waals surface area contributed by atoms with Gasteiger partial charge in [0.15, 0.2) is 6.29 Å². The molecule has 8 atom stereocenters. The molecule has 0 saturated carbocycles. The van der Waals surface area contributed by atoms with Gasteiger partial charge in [0.25, 0.3) is 0 Å². The van der Waals surface area contributed by atoms with E-state index in [1.807, 2.05) is 0 Å². The molecule has 1 fully saturated rings. The smallest absolute Gasteiger partial charge is 0.216 e. The first-order valence-corrected chi connectivity index (χ1v) is 7.63. The number of hydrogen-bond donors (Lipinski definition) is 6. The SMILES string of the molecule is CO[C@@H](C(O)CNC(C)=O)C(O)CO[C@@H]1OC(C)[C@@H](O)C(O)C1O. The highest BCUT2D eigenvalue weighted by Gasteiger charge is 2.42. The minimum atomic E-state index is -1.49. The van der Waals surface area contributed by atoms with E-state index in [0.717, 1.165) is 0 Å². The molecule has 1 aliphatic heterocycles. The van der Waals surface area contributed by atoms with Crippen molar-refractivity contribution >= 4 is 5.91 Å². The lowest BCUT2D eigenvalue weighted by molar-refractivity contribution is -0.299. The van der Waals surface area contributed by atoms with Gasteiger partial charge >= 0.3 is 0 Å². The number of carbonyl (C=O) groups is 1. The molecular weight excluding hydrogens is 326 g/mol. The number of aliphatic hydroxyl groups is 5. The summed E-state index contributed by atoms with van der Waals surface area (Å²) in [7, 11) is 1.28. The molecule has 0 aromatic rings. The number of ether oxygens (including phenoxy) is 3. The zero-order chi connectivity index (χ0) is 18.4. The topological polar surface area (TPSA) is 158 Å². The molecule has 10 heteroatoms. The number of hydrogen-bond acceptors (Lipinski definition) is 9. The third-order valence-electron chi connectivity index (χ3n) is 3.83. The number of rotatable bonds is 8. The van der Waals surface area contributed by atoms with E-state index in [4.69, 9.17) is 14.2 Å². The number of nitrogens with one attached hydrogen (secondary N) is 1. The number of aliphatic hydroxyl groups excluding tert-OH is 5. The molecule has 1 aliphatic rings. The third-order valence-corrected chi connectivity index (χ3v) is 3.83. The van der Waals surface area contributed by atoms with Crippen LogP contribution in [0.15, 0.2) is 0 Å². The molecule has 0 bridgehead atoms. The molecule has 6 N–H and O–H groups in total. The summed E-state index contributed by atoms with van der Waals surface area (Å²) < 4.78 is 15.5. The van der Waals surface area contributed by atoms with Gasteiger partial charge in [0.2, 0.25) is 5.91 Å². The van der Waals surface area contributed by atoms with Crippen LogP contribution in [0.5, 0.6) is 0 Å². The molecule has 10 nitrogen and oxygen atoms in total. The maximum absolute atomic E-state index is 10.8. The van der Waals surface area contributed by atoms with Crippen LogP contribution in [-0.2, 0) is 19.0 Å². The van der Waals surface area contributed by atoms with Crippen LogP contribution in [0.1, 0.15) is 13.8 Å². The number of methoxy groups -OCH3 is 1. The molecule has 1 rings (SSSR count). The minimum Gasteiger partial charge on any atom is -0.388 e. The highest BCUT2D eigenvalue weighted by molar-refractivity contribution is 5.72. The highest BCUT2D eigenvalue weighted by atomic mass is 16.7. The lowest BCUT2D eigenvalue weighted by atomic mass is 10.00. The molecule has 142 valence electrons. The number of amides is 1. The Morgan fingerprint density at radius 3 is 2.33 bits per heavy atom. The Labute approximate surface area is 140 Å². The summed E-state index contributed by atoms with van der Waals surface area (Å²) in [5.74, 6) is -0.338. The summed E-state index contributed by atoms with van der Waals surface area (Å²) in [5.41, 5.74) is 0. The zero-order valence-electron chi connectivity index (χ0n) is 13.9. The van der Waals surface area contributed by atoms with Gasteiger partial charge < -0.3 is 45.1 Å². The fourth-order valence-electron chi connectivity index (χ4n) is 2.37. The summed E-state index contributed by atoms with van der Waals surface area (Å²) in [6.45, 7) is 2.31. The summed E-state index contributed by atoms with van der Waals surface area (Å²) >= 11 is 0. The van der Waals surface area contributed by atoms with Crippen molar-refractivity contribution in [3.63, 3.8) is 0 Å². The monoisotopic (exact) mass is 353 g/mol. The maximum atomic E-state index is 10.8. The van der Waals surface area contributed by atoms with Crippen molar-refractivity contribution in [3.8, 4) is 0 Å². The van der Waals surface area contributed by atoms with Crippen LogP contribution >= 0.6 is 0 Å². The predicted octanol–water partition coefficient (Wildman–Crippen LogP) is -3.30. The van der Waals surface area contributed by atoms with Crippen LogP contribution < -0.4 is 5.32 Å². The summed E-state index contributed by atoms with van der Waals surface area (Å²) in [5, 5.41) is 51.5. The molecule has 24 heavy (non-hydrogen) atoms. The highest BCUT2D eigenvalue weighted by Crippen LogP contribution is 2.22. The molecule has 1 amide bonds. The van der Waals surface area contributed by atoms with Crippen molar-refractivity contribution in [3.05, 3.63) is 0 Å². The second-order valence-corrected chi connectivity index (χ2v) is 5.79. The Hall–Kier alpha value is -0.850. The molecule has 1 saturated heterocycles. The van der Waals surface area contributed by atoms with Gasteiger partial charge in [0.05, 0.1) is 12.7 Å². The molecule has 0 spiro atoms. The average molecular weight is 353 g/mol. The van der Waals surface area contributed by atoms with Gasteiger partial charge in [-0.1, -0.05) is 0 Å². The lowest BCUT2D eigenvalue weighted by Crippen LogP contribution is -2.58. The van der Waals surface area contributed by atoms with E-state index in [2.05, 4.69) is 5.32 Å². The van der Waals surface area contributed by atoms with Crippen molar-refractivity contribution in [2.45, 2.75) is 62.9 Å². The van der Waals surface area contributed by atoms with E-state index in [0.29, 0.717) is 0 Å². The van der Waals surface area contributed by atoms with Crippen molar-refractivity contribution in [1.29, 1.82) is 0 Å². The third kappa shape index (κ3) is 5.60. The first kappa shape index (κ1) is 21.2. The summed E-state index contributed by atoms with van der Waals surface area (Å²) in [6.07, 6.45) is -9.73. The van der Waals surface area contributed by atoms with E-state index in [1.165, 1.54) is 21.0 Å². The van der Waals surface area contributed by atoms with Crippen LogP contribution in [0.4, 0.5) is 0 Å². The van der Waals surface area contributed by atoms with Crippen molar-refractivity contribution in [2.24, 2.45) is 0 Å². The van der Waals surface area contributed by atoms with Gasteiger partial charge in [-0.05, 0) is 6.92 Å². The predicted molar refractivity (Wildman–Crippen MR) is 79.8 cm³/mol. The molecule has 5 unspecified atom stereocenters.